The molecule has 3 aliphatic rings. The topological polar surface area (TPSA) is 55.9 Å². The van der Waals surface area contributed by atoms with Gasteiger partial charge in [-0.15, -0.1) is 0 Å². The molecule has 29 heavy (non-hydrogen) atoms. The molecule has 0 spiro atoms. The van der Waals surface area contributed by atoms with E-state index in [0.717, 1.165) is 23.7 Å². The van der Waals surface area contributed by atoms with E-state index in [-0.39, 0.29) is 24.0 Å². The fourth-order valence-corrected chi connectivity index (χ4v) is 5.20. The number of nitrogens with zero attached hydrogens (tertiary/aromatic N) is 3. The first-order valence-electron chi connectivity index (χ1n) is 10.2. The Kier molecular flexibility index (Phi) is 4.24. The first-order valence-corrected chi connectivity index (χ1v) is 10.6. The van der Waals surface area contributed by atoms with E-state index >= 15 is 0 Å². The summed E-state index contributed by atoms with van der Waals surface area (Å²) in [7, 11) is 0. The highest BCUT2D eigenvalue weighted by molar-refractivity contribution is 7.80. The summed E-state index contributed by atoms with van der Waals surface area (Å²) in [6, 6.07) is 12.9. The number of carbonyl (C=O) groups excluding carboxylic acids is 2. The van der Waals surface area contributed by atoms with E-state index in [9.17, 15) is 9.59 Å². The third-order valence-corrected chi connectivity index (χ3v) is 6.57. The highest BCUT2D eigenvalue weighted by Gasteiger charge is 2.62. The summed E-state index contributed by atoms with van der Waals surface area (Å²) in [6.45, 7) is 5.76. The van der Waals surface area contributed by atoms with Crippen molar-refractivity contribution in [3.05, 3.63) is 42.5 Å². The zero-order valence-electron chi connectivity index (χ0n) is 16.5. The summed E-state index contributed by atoms with van der Waals surface area (Å²) in [4.78, 5) is 32.0. The van der Waals surface area contributed by atoms with Crippen LogP contribution in [0, 0.1) is 5.92 Å². The van der Waals surface area contributed by atoms with Crippen LogP contribution >= 0.6 is 12.2 Å². The van der Waals surface area contributed by atoms with Crippen LogP contribution in [0.25, 0.3) is 10.8 Å². The average Bonchev–Trinajstić information content (AvgIpc) is 3.37. The minimum Gasteiger partial charge on any atom is -0.362 e. The molecule has 0 aromatic heterocycles. The van der Waals surface area contributed by atoms with Gasteiger partial charge in [-0.05, 0) is 36.0 Å². The maximum Gasteiger partial charge on any atom is 0.332 e. The van der Waals surface area contributed by atoms with E-state index in [1.807, 2.05) is 42.5 Å². The first-order chi connectivity index (χ1) is 14.0. The van der Waals surface area contributed by atoms with Crippen molar-refractivity contribution >= 4 is 45.7 Å². The fraction of sp³-hybridized carbons (Fsp3) is 0.409. The Bertz CT molecular complexity index is 1020. The number of thiocarbonyl (C=S) groups is 1. The number of rotatable bonds is 3. The Labute approximate surface area is 175 Å². The van der Waals surface area contributed by atoms with Crippen molar-refractivity contribution in [2.75, 3.05) is 18.0 Å². The molecule has 2 aromatic rings. The molecule has 2 aromatic carbocycles. The molecule has 0 aliphatic carbocycles. The lowest BCUT2D eigenvalue weighted by Gasteiger charge is -2.36. The summed E-state index contributed by atoms with van der Waals surface area (Å²) in [5.41, 5.74) is 0.666. The Morgan fingerprint density at radius 2 is 1.93 bits per heavy atom. The van der Waals surface area contributed by atoms with Gasteiger partial charge in [-0.2, -0.15) is 0 Å². The summed E-state index contributed by atoms with van der Waals surface area (Å²) < 4.78 is 0. The summed E-state index contributed by atoms with van der Waals surface area (Å²) >= 11 is 5.60. The number of fused-ring (bicyclic) bond motifs is 6. The van der Waals surface area contributed by atoms with Gasteiger partial charge in [0.05, 0.1) is 17.8 Å². The molecule has 3 aliphatic heterocycles. The van der Waals surface area contributed by atoms with Crippen molar-refractivity contribution in [2.45, 2.75) is 38.4 Å². The average molecular weight is 409 g/mol. The summed E-state index contributed by atoms with van der Waals surface area (Å²) in [6.07, 6.45) is 0.801. The molecule has 5 rings (SSSR count). The highest BCUT2D eigenvalue weighted by Crippen LogP contribution is 2.43. The van der Waals surface area contributed by atoms with Gasteiger partial charge < -0.3 is 15.1 Å². The third kappa shape index (κ3) is 2.71. The maximum atomic E-state index is 13.4. The summed E-state index contributed by atoms with van der Waals surface area (Å²) in [5, 5.41) is 5.93. The lowest BCUT2D eigenvalue weighted by atomic mass is 10.1. The minimum absolute atomic E-state index is 0.0280. The van der Waals surface area contributed by atoms with Gasteiger partial charge in [0.15, 0.2) is 5.11 Å². The highest BCUT2D eigenvalue weighted by atomic mass is 32.1. The molecule has 150 valence electrons. The molecule has 0 unspecified atom stereocenters. The van der Waals surface area contributed by atoms with Gasteiger partial charge in [-0.25, -0.2) is 9.69 Å². The van der Waals surface area contributed by atoms with Crippen molar-refractivity contribution in [3.63, 3.8) is 0 Å². The Balaban J connectivity index is 1.45. The van der Waals surface area contributed by atoms with Gasteiger partial charge >= 0.3 is 6.03 Å². The monoisotopic (exact) mass is 408 g/mol. The van der Waals surface area contributed by atoms with Crippen LogP contribution in [0.2, 0.25) is 0 Å². The quantitative estimate of drug-likeness (QED) is 0.625. The number of piperazine rings is 1. The van der Waals surface area contributed by atoms with Crippen LogP contribution in [0.15, 0.2) is 42.5 Å². The number of carbonyl (C=O) groups is 2. The predicted molar refractivity (Wildman–Crippen MR) is 117 cm³/mol. The lowest BCUT2D eigenvalue weighted by molar-refractivity contribution is -0.120. The maximum absolute atomic E-state index is 13.4. The van der Waals surface area contributed by atoms with Crippen molar-refractivity contribution in [3.8, 4) is 0 Å². The van der Waals surface area contributed by atoms with Crippen LogP contribution in [0.4, 0.5) is 10.5 Å². The van der Waals surface area contributed by atoms with Gasteiger partial charge in [0, 0.05) is 18.5 Å². The zero-order chi connectivity index (χ0) is 20.3. The molecule has 3 atom stereocenters. The normalized spacial score (nSPS) is 25.5. The molecule has 7 heteroatoms. The number of hydrogen-bond donors (Lipinski definition) is 1. The summed E-state index contributed by atoms with van der Waals surface area (Å²) in [5.74, 6) is 0.344. The molecule has 0 saturated carbocycles. The van der Waals surface area contributed by atoms with Crippen LogP contribution in [-0.4, -0.2) is 58.1 Å². The van der Waals surface area contributed by atoms with Crippen molar-refractivity contribution in [2.24, 2.45) is 5.92 Å². The number of amides is 3. The number of urea groups is 1. The molecule has 2 bridgehead atoms. The Morgan fingerprint density at radius 3 is 2.72 bits per heavy atom. The van der Waals surface area contributed by atoms with Crippen LogP contribution in [-0.2, 0) is 4.79 Å². The number of imide groups is 1. The van der Waals surface area contributed by atoms with E-state index in [4.69, 9.17) is 12.2 Å². The van der Waals surface area contributed by atoms with Crippen LogP contribution in [0.3, 0.4) is 0 Å². The second-order valence-corrected chi connectivity index (χ2v) is 8.88. The SMILES string of the molecule is CC(C)CNC(=S)N1C[C@@H]2C[C@H]1[C@H]1C(=O)N(c3cccc4ccccc34)C(=O)N21. The Hall–Kier alpha value is -2.67. The number of likely N-dealkylation sites (tertiary alicyclic amines) is 1. The van der Waals surface area contributed by atoms with Gasteiger partial charge in [0.2, 0.25) is 0 Å². The van der Waals surface area contributed by atoms with E-state index in [1.165, 1.54) is 4.90 Å². The van der Waals surface area contributed by atoms with Crippen LogP contribution in [0.5, 0.6) is 0 Å². The molecule has 0 radical (unpaired) electrons. The number of anilines is 1. The smallest absolute Gasteiger partial charge is 0.332 e. The minimum atomic E-state index is -0.459. The van der Waals surface area contributed by atoms with Crippen LogP contribution < -0.4 is 10.2 Å². The zero-order valence-corrected chi connectivity index (χ0v) is 17.4. The van der Waals surface area contributed by atoms with Crippen molar-refractivity contribution in [1.29, 1.82) is 0 Å². The van der Waals surface area contributed by atoms with E-state index < -0.39 is 6.04 Å². The fourth-order valence-electron chi connectivity index (χ4n) is 4.91. The van der Waals surface area contributed by atoms with Gasteiger partial charge in [-0.3, -0.25) is 4.79 Å². The van der Waals surface area contributed by atoms with Gasteiger partial charge in [-0.1, -0.05) is 50.2 Å². The van der Waals surface area contributed by atoms with Crippen molar-refractivity contribution < 1.29 is 9.59 Å². The number of hydrogen-bond acceptors (Lipinski definition) is 3. The van der Waals surface area contributed by atoms with Gasteiger partial charge in [0.25, 0.3) is 5.91 Å². The first kappa shape index (κ1) is 18.4. The number of benzene rings is 2. The predicted octanol–water partition coefficient (Wildman–Crippen LogP) is 2.96. The van der Waals surface area contributed by atoms with Crippen LogP contribution in [0.1, 0.15) is 20.3 Å². The Morgan fingerprint density at radius 1 is 1.17 bits per heavy atom. The molecule has 3 fully saturated rings. The second kappa shape index (κ2) is 6.69. The number of nitrogens with one attached hydrogen (secondary N) is 1. The van der Waals surface area contributed by atoms with E-state index in [2.05, 4.69) is 24.1 Å². The molecular weight excluding hydrogens is 384 g/mol. The van der Waals surface area contributed by atoms with E-state index in [1.54, 1.807) is 4.90 Å². The molecule has 3 saturated heterocycles. The lowest BCUT2D eigenvalue weighted by Crippen LogP contribution is -2.57. The molecule has 6 nitrogen and oxygen atoms in total. The van der Waals surface area contributed by atoms with Gasteiger partial charge in [0.1, 0.15) is 6.04 Å². The third-order valence-electron chi connectivity index (χ3n) is 6.19. The molecule has 3 heterocycles. The molecular formula is C22H24N4O2S. The molecule has 3 amide bonds. The standard InChI is InChI=1S/C22H24N4O2S/c1-13(2)11-23-21(29)24-12-15-10-18(24)19-20(27)26(22(28)25(15)19)17-9-5-7-14-6-3-4-8-16(14)17/h3-9,13,15,18-19H,10-12H2,1-2H3,(H,23,29)/t15-,18-,19-/m0/s1. The molecule has 1 N–H and O–H groups in total. The largest absolute Gasteiger partial charge is 0.362 e. The van der Waals surface area contributed by atoms with Crippen molar-refractivity contribution in [1.82, 2.24) is 15.1 Å². The van der Waals surface area contributed by atoms with E-state index in [0.29, 0.717) is 23.3 Å². The second-order valence-electron chi connectivity index (χ2n) is 8.50.